The van der Waals surface area contributed by atoms with E-state index in [2.05, 4.69) is 0 Å². The molecular formula is C17H28O4. The molecule has 0 radical (unpaired) electrons. The third-order valence-electron chi connectivity index (χ3n) is 3.69. The van der Waals surface area contributed by atoms with Crippen LogP contribution >= 0.6 is 0 Å². The van der Waals surface area contributed by atoms with Crippen molar-refractivity contribution in [2.45, 2.75) is 72.2 Å². The lowest BCUT2D eigenvalue weighted by Crippen LogP contribution is -2.16. The molecule has 0 amide bonds. The monoisotopic (exact) mass is 296 g/mol. The quantitative estimate of drug-likeness (QED) is 0.722. The molecule has 0 bridgehead atoms. The highest BCUT2D eigenvalue weighted by Gasteiger charge is 2.17. The number of aliphatic hydroxyl groups is 1. The maximum absolute atomic E-state index is 10.4. The number of hydrogen-bond acceptors (Lipinski definition) is 4. The molecule has 0 saturated carbocycles. The number of hydrogen-bond donors (Lipinski definition) is 2. The first-order chi connectivity index (χ1) is 10.1. The second-order valence-electron chi connectivity index (χ2n) is 5.21. The predicted octanol–water partition coefficient (Wildman–Crippen LogP) is 4.02. The molecule has 0 atom stereocenters. The summed E-state index contributed by atoms with van der Waals surface area (Å²) in [6.07, 6.45) is 3.55. The van der Waals surface area contributed by atoms with Crippen LogP contribution in [0.1, 0.15) is 58.9 Å². The molecule has 21 heavy (non-hydrogen) atoms. The summed E-state index contributed by atoms with van der Waals surface area (Å²) < 4.78 is 11.7. The summed E-state index contributed by atoms with van der Waals surface area (Å²) in [4.78, 5) is 0. The average Bonchev–Trinajstić information content (AvgIpc) is 2.52. The van der Waals surface area contributed by atoms with Crippen molar-refractivity contribution in [3.05, 3.63) is 17.7 Å². The van der Waals surface area contributed by atoms with Crippen molar-refractivity contribution in [3.8, 4) is 17.2 Å². The minimum absolute atomic E-state index is 0.0194. The van der Waals surface area contributed by atoms with Gasteiger partial charge in [0.25, 0.3) is 0 Å². The lowest BCUT2D eigenvalue weighted by molar-refractivity contribution is 0.167. The fourth-order valence-electron chi connectivity index (χ4n) is 2.18. The van der Waals surface area contributed by atoms with Crippen LogP contribution in [0.2, 0.25) is 0 Å². The molecule has 4 heteroatoms. The molecule has 0 aliphatic carbocycles. The van der Waals surface area contributed by atoms with Crippen LogP contribution in [0.5, 0.6) is 17.2 Å². The van der Waals surface area contributed by atoms with Gasteiger partial charge < -0.3 is 19.7 Å². The molecule has 0 aliphatic rings. The van der Waals surface area contributed by atoms with E-state index in [1.54, 1.807) is 12.1 Å². The lowest BCUT2D eigenvalue weighted by atomic mass is 10.1. The van der Waals surface area contributed by atoms with Gasteiger partial charge in [-0.3, -0.25) is 0 Å². The first-order valence-electron chi connectivity index (χ1n) is 7.89. The summed E-state index contributed by atoms with van der Waals surface area (Å²) in [7, 11) is 0. The molecule has 0 heterocycles. The van der Waals surface area contributed by atoms with E-state index < -0.39 is 0 Å². The average molecular weight is 296 g/mol. The number of rotatable bonds is 9. The van der Waals surface area contributed by atoms with Gasteiger partial charge in [-0.15, -0.1) is 0 Å². The van der Waals surface area contributed by atoms with Gasteiger partial charge in [0.1, 0.15) is 0 Å². The molecule has 1 rings (SSSR count). The number of aliphatic hydroxyl groups excluding tert-OH is 1. The molecule has 0 aromatic heterocycles. The number of ether oxygens (including phenoxy) is 2. The van der Waals surface area contributed by atoms with Gasteiger partial charge in [-0.2, -0.15) is 0 Å². The second kappa shape index (κ2) is 8.78. The minimum atomic E-state index is -0.112. The van der Waals surface area contributed by atoms with Gasteiger partial charge in [0, 0.05) is 0 Å². The van der Waals surface area contributed by atoms with Crippen LogP contribution in [0.4, 0.5) is 0 Å². The summed E-state index contributed by atoms with van der Waals surface area (Å²) in [5.74, 6) is 0.790. The Balaban J connectivity index is 3.07. The number of phenols is 1. The van der Waals surface area contributed by atoms with Crippen LogP contribution in [0.3, 0.4) is 0 Å². The number of benzene rings is 1. The molecule has 4 nitrogen and oxygen atoms in total. The van der Waals surface area contributed by atoms with Gasteiger partial charge in [0.15, 0.2) is 11.5 Å². The normalized spacial score (nSPS) is 11.2. The van der Waals surface area contributed by atoms with E-state index in [1.807, 2.05) is 27.7 Å². The highest BCUT2D eigenvalue weighted by Crippen LogP contribution is 2.39. The van der Waals surface area contributed by atoms with E-state index in [4.69, 9.17) is 9.47 Å². The number of phenolic OH excluding ortho intramolecular Hbond substituents is 1. The Labute approximate surface area is 127 Å². The van der Waals surface area contributed by atoms with Gasteiger partial charge in [0.2, 0.25) is 5.75 Å². The summed E-state index contributed by atoms with van der Waals surface area (Å²) >= 11 is 0. The minimum Gasteiger partial charge on any atom is -0.502 e. The first-order valence-corrected chi connectivity index (χ1v) is 7.89. The summed E-state index contributed by atoms with van der Waals surface area (Å²) in [5.41, 5.74) is 0.676. The van der Waals surface area contributed by atoms with Gasteiger partial charge in [-0.05, 0) is 43.4 Å². The fraction of sp³-hybridized carbons (Fsp3) is 0.647. The highest BCUT2D eigenvalue weighted by molar-refractivity contribution is 5.53. The summed E-state index contributed by atoms with van der Waals surface area (Å²) in [6.45, 7) is 8.07. The van der Waals surface area contributed by atoms with Crippen LogP contribution in [-0.4, -0.2) is 22.4 Å². The van der Waals surface area contributed by atoms with Gasteiger partial charge in [-0.1, -0.05) is 27.7 Å². The van der Waals surface area contributed by atoms with E-state index in [1.165, 1.54) is 0 Å². The van der Waals surface area contributed by atoms with Gasteiger partial charge in [-0.25, -0.2) is 0 Å². The van der Waals surface area contributed by atoms with Crippen molar-refractivity contribution < 1.29 is 19.7 Å². The Morgan fingerprint density at radius 3 is 1.52 bits per heavy atom. The zero-order chi connectivity index (χ0) is 15.8. The largest absolute Gasteiger partial charge is 0.502 e. The van der Waals surface area contributed by atoms with Crippen LogP contribution in [0.15, 0.2) is 12.1 Å². The lowest BCUT2D eigenvalue weighted by Gasteiger charge is -2.21. The Kier molecular flexibility index (Phi) is 7.37. The molecule has 0 spiro atoms. The summed E-state index contributed by atoms with van der Waals surface area (Å²) in [6, 6.07) is 3.35. The highest BCUT2D eigenvalue weighted by atomic mass is 16.5. The second-order valence-corrected chi connectivity index (χ2v) is 5.21. The van der Waals surface area contributed by atoms with Crippen LogP contribution in [-0.2, 0) is 6.61 Å². The Morgan fingerprint density at radius 1 is 0.857 bits per heavy atom. The first kappa shape index (κ1) is 17.6. The standard InChI is InChI=1S/C17H28O4/c1-5-13(6-2)20-15-9-12(11-18)10-16(17(15)19)21-14(7-3)8-4/h9-10,13-14,18-19H,5-8,11H2,1-4H3. The van der Waals surface area contributed by atoms with Gasteiger partial charge in [0.05, 0.1) is 18.8 Å². The Morgan fingerprint density at radius 2 is 1.24 bits per heavy atom. The molecule has 0 fully saturated rings. The molecule has 0 aliphatic heterocycles. The van der Waals surface area contributed by atoms with Crippen LogP contribution in [0, 0.1) is 0 Å². The van der Waals surface area contributed by atoms with E-state index in [-0.39, 0.29) is 24.6 Å². The van der Waals surface area contributed by atoms with Crippen LogP contribution < -0.4 is 9.47 Å². The van der Waals surface area contributed by atoms with Crippen molar-refractivity contribution >= 4 is 0 Å². The van der Waals surface area contributed by atoms with E-state index in [0.717, 1.165) is 25.7 Å². The molecule has 0 saturated heterocycles. The van der Waals surface area contributed by atoms with E-state index >= 15 is 0 Å². The molecule has 1 aromatic rings. The third kappa shape index (κ3) is 4.81. The van der Waals surface area contributed by atoms with E-state index in [0.29, 0.717) is 17.1 Å². The predicted molar refractivity (Wildman–Crippen MR) is 84.0 cm³/mol. The van der Waals surface area contributed by atoms with Crippen LogP contribution in [0.25, 0.3) is 0 Å². The zero-order valence-electron chi connectivity index (χ0n) is 13.6. The maximum atomic E-state index is 10.4. The third-order valence-corrected chi connectivity index (χ3v) is 3.69. The number of aromatic hydroxyl groups is 1. The molecular weight excluding hydrogens is 268 g/mol. The Bertz CT molecular complexity index is 388. The molecule has 2 N–H and O–H groups in total. The van der Waals surface area contributed by atoms with Gasteiger partial charge >= 0.3 is 0 Å². The molecule has 120 valence electrons. The van der Waals surface area contributed by atoms with E-state index in [9.17, 15) is 10.2 Å². The van der Waals surface area contributed by atoms with Crippen molar-refractivity contribution in [3.63, 3.8) is 0 Å². The van der Waals surface area contributed by atoms with Crippen molar-refractivity contribution in [1.82, 2.24) is 0 Å². The SMILES string of the molecule is CCC(CC)Oc1cc(CO)cc(OC(CC)CC)c1O. The zero-order valence-corrected chi connectivity index (χ0v) is 13.6. The summed E-state index contributed by atoms with van der Waals surface area (Å²) in [5, 5.41) is 19.7. The fourth-order valence-corrected chi connectivity index (χ4v) is 2.18. The smallest absolute Gasteiger partial charge is 0.200 e. The van der Waals surface area contributed by atoms with Crippen molar-refractivity contribution in [2.75, 3.05) is 0 Å². The molecule has 1 aromatic carbocycles. The Hall–Kier alpha value is -1.42. The maximum Gasteiger partial charge on any atom is 0.200 e. The molecule has 0 unspecified atom stereocenters. The topological polar surface area (TPSA) is 58.9 Å². The van der Waals surface area contributed by atoms with Crippen molar-refractivity contribution in [2.24, 2.45) is 0 Å². The van der Waals surface area contributed by atoms with Crippen molar-refractivity contribution in [1.29, 1.82) is 0 Å².